The van der Waals surface area contributed by atoms with Crippen LogP contribution in [0.15, 0.2) is 0 Å². The summed E-state index contributed by atoms with van der Waals surface area (Å²) in [5.41, 5.74) is -0.714. The molecule has 0 aromatic rings. The molecule has 0 aromatic carbocycles. The lowest BCUT2D eigenvalue weighted by Crippen LogP contribution is -2.53. The average Bonchev–Trinajstić information content (AvgIpc) is 2.26. The van der Waals surface area contributed by atoms with Gasteiger partial charge in [0.05, 0.1) is 11.5 Å². The Morgan fingerprint density at radius 3 is 2.44 bits per heavy atom. The van der Waals surface area contributed by atoms with Crippen LogP contribution in [0.25, 0.3) is 0 Å². The van der Waals surface area contributed by atoms with Crippen LogP contribution < -0.4 is 0 Å². The first kappa shape index (κ1) is 11.9. The van der Waals surface area contributed by atoms with Gasteiger partial charge in [-0.15, -0.1) is 0 Å². The summed E-state index contributed by atoms with van der Waals surface area (Å²) in [7, 11) is 0. The van der Waals surface area contributed by atoms with Crippen molar-refractivity contribution in [2.24, 2.45) is 11.8 Å². The number of rotatable bonds is 1. The van der Waals surface area contributed by atoms with Crippen LogP contribution in [-0.2, 0) is 14.3 Å². The minimum Gasteiger partial charge on any atom is -0.459 e. The number of esters is 1. The largest absolute Gasteiger partial charge is 0.459 e. The second-order valence-electron chi connectivity index (χ2n) is 6.21. The van der Waals surface area contributed by atoms with E-state index in [0.717, 1.165) is 12.8 Å². The maximum Gasteiger partial charge on any atom is 0.312 e. The fourth-order valence-corrected chi connectivity index (χ4v) is 3.28. The maximum absolute atomic E-state index is 12.0. The van der Waals surface area contributed by atoms with Gasteiger partial charge in [0, 0.05) is 0 Å². The zero-order chi connectivity index (χ0) is 12.1. The molecule has 0 N–H and O–H groups in total. The third-order valence-corrected chi connectivity index (χ3v) is 4.00. The molecule has 16 heavy (non-hydrogen) atoms. The number of carbonyl (C=O) groups excluding carboxylic acids is 1. The van der Waals surface area contributed by atoms with Gasteiger partial charge in [0.15, 0.2) is 0 Å². The quantitative estimate of drug-likeness (QED) is 0.644. The predicted octanol–water partition coefficient (Wildman–Crippen LogP) is 2.53. The number of carbonyl (C=O) groups is 1. The fourth-order valence-electron chi connectivity index (χ4n) is 3.28. The maximum atomic E-state index is 12.0. The first-order valence-corrected chi connectivity index (χ1v) is 6.17. The van der Waals surface area contributed by atoms with Crippen molar-refractivity contribution >= 4 is 5.97 Å². The highest BCUT2D eigenvalue weighted by molar-refractivity contribution is 5.75. The molecule has 0 aliphatic carbocycles. The van der Waals surface area contributed by atoms with Crippen molar-refractivity contribution in [1.82, 2.24) is 0 Å². The molecular formula is C13H22O3. The minimum atomic E-state index is -0.395. The van der Waals surface area contributed by atoms with E-state index < -0.39 is 5.60 Å². The summed E-state index contributed by atoms with van der Waals surface area (Å²) >= 11 is 0. The molecule has 0 saturated carbocycles. The van der Waals surface area contributed by atoms with E-state index in [4.69, 9.17) is 9.47 Å². The Morgan fingerprint density at radius 2 is 1.94 bits per heavy atom. The Balaban J connectivity index is 2.40. The lowest BCUT2D eigenvalue weighted by molar-refractivity contribution is -0.203. The van der Waals surface area contributed by atoms with Crippen molar-refractivity contribution in [2.75, 3.05) is 0 Å². The van der Waals surface area contributed by atoms with Crippen LogP contribution in [0.4, 0.5) is 0 Å². The van der Waals surface area contributed by atoms with E-state index >= 15 is 0 Å². The van der Waals surface area contributed by atoms with E-state index in [0.29, 0.717) is 5.92 Å². The molecule has 0 spiro atoms. The summed E-state index contributed by atoms with van der Waals surface area (Å²) in [6.45, 7) is 10.2. The van der Waals surface area contributed by atoms with E-state index in [1.807, 2.05) is 13.8 Å². The van der Waals surface area contributed by atoms with Crippen molar-refractivity contribution in [1.29, 1.82) is 0 Å². The minimum absolute atomic E-state index is 0.0788. The molecule has 0 aromatic heterocycles. The number of ether oxygens (including phenoxy) is 2. The van der Waals surface area contributed by atoms with Crippen molar-refractivity contribution in [3.8, 4) is 0 Å². The van der Waals surface area contributed by atoms with Gasteiger partial charge in [-0.1, -0.05) is 13.8 Å². The molecule has 0 unspecified atom stereocenters. The molecule has 3 atom stereocenters. The molecule has 92 valence electrons. The van der Waals surface area contributed by atoms with E-state index in [-0.39, 0.29) is 23.6 Å². The molecule has 3 nitrogen and oxygen atoms in total. The van der Waals surface area contributed by atoms with Crippen LogP contribution in [0.3, 0.4) is 0 Å². The Hall–Kier alpha value is -0.570. The predicted molar refractivity (Wildman–Crippen MR) is 61.0 cm³/mol. The SMILES string of the molecule is CC(C)[C@@H]1OC(=O)[C@H]2CC[C@@]1(C)OC2(C)C. The van der Waals surface area contributed by atoms with Crippen molar-refractivity contribution in [3.05, 3.63) is 0 Å². The van der Waals surface area contributed by atoms with Crippen molar-refractivity contribution < 1.29 is 14.3 Å². The van der Waals surface area contributed by atoms with E-state index in [1.54, 1.807) is 0 Å². The van der Waals surface area contributed by atoms with Gasteiger partial charge in [0.25, 0.3) is 0 Å². The molecule has 3 saturated heterocycles. The first-order valence-electron chi connectivity index (χ1n) is 6.17. The molecule has 3 fully saturated rings. The van der Waals surface area contributed by atoms with Crippen LogP contribution in [-0.4, -0.2) is 23.3 Å². The summed E-state index contributed by atoms with van der Waals surface area (Å²) in [6, 6.07) is 0. The third kappa shape index (κ3) is 1.65. The van der Waals surface area contributed by atoms with Gasteiger partial charge in [-0.05, 0) is 39.5 Å². The van der Waals surface area contributed by atoms with Gasteiger partial charge in [-0.2, -0.15) is 0 Å². The molecule has 0 radical (unpaired) electrons. The molecule has 3 aliphatic rings. The van der Waals surface area contributed by atoms with Gasteiger partial charge in [-0.25, -0.2) is 0 Å². The van der Waals surface area contributed by atoms with E-state index in [9.17, 15) is 4.79 Å². The second-order valence-corrected chi connectivity index (χ2v) is 6.21. The number of hydrogen-bond donors (Lipinski definition) is 0. The number of fused-ring (bicyclic) bond motifs is 4. The summed E-state index contributed by atoms with van der Waals surface area (Å²) < 4.78 is 11.8. The van der Waals surface area contributed by atoms with Gasteiger partial charge >= 0.3 is 5.97 Å². The zero-order valence-corrected chi connectivity index (χ0v) is 10.9. The number of hydrogen-bond acceptors (Lipinski definition) is 3. The Labute approximate surface area is 97.5 Å². The third-order valence-electron chi connectivity index (χ3n) is 4.00. The summed E-state index contributed by atoms with van der Waals surface area (Å²) in [6.07, 6.45) is 1.67. The Morgan fingerprint density at radius 1 is 1.31 bits per heavy atom. The standard InChI is InChI=1S/C13H22O3/c1-8(2)10-13(5)7-6-9(11(14)15-10)12(3,4)16-13/h8-10H,6-7H2,1-5H3/t9-,10+,13-/m1/s1. The van der Waals surface area contributed by atoms with Crippen LogP contribution in [0.2, 0.25) is 0 Å². The molecule has 3 rings (SSSR count). The van der Waals surface area contributed by atoms with E-state index in [1.165, 1.54) is 0 Å². The molecule has 2 bridgehead atoms. The molecule has 3 heterocycles. The molecular weight excluding hydrogens is 204 g/mol. The lowest BCUT2D eigenvalue weighted by atomic mass is 9.77. The second kappa shape index (κ2) is 3.46. The lowest BCUT2D eigenvalue weighted by Gasteiger charge is -2.45. The first-order chi connectivity index (χ1) is 7.26. The molecule has 3 heteroatoms. The van der Waals surface area contributed by atoms with Gasteiger partial charge < -0.3 is 9.47 Å². The van der Waals surface area contributed by atoms with Crippen LogP contribution in [0.1, 0.15) is 47.5 Å². The fraction of sp³-hybridized carbons (Fsp3) is 0.923. The average molecular weight is 226 g/mol. The monoisotopic (exact) mass is 226 g/mol. The normalized spacial score (nSPS) is 42.0. The highest BCUT2D eigenvalue weighted by atomic mass is 16.6. The van der Waals surface area contributed by atoms with Gasteiger partial charge in [-0.3, -0.25) is 4.79 Å². The smallest absolute Gasteiger partial charge is 0.312 e. The van der Waals surface area contributed by atoms with Crippen molar-refractivity contribution in [2.45, 2.75) is 64.8 Å². The highest BCUT2D eigenvalue weighted by Gasteiger charge is 2.56. The van der Waals surface area contributed by atoms with Crippen LogP contribution in [0.5, 0.6) is 0 Å². The van der Waals surface area contributed by atoms with Gasteiger partial charge in [0.1, 0.15) is 11.7 Å². The summed E-state index contributed by atoms with van der Waals surface area (Å²) in [5.74, 6) is 0.107. The van der Waals surface area contributed by atoms with Crippen LogP contribution >= 0.6 is 0 Å². The molecule has 0 amide bonds. The topological polar surface area (TPSA) is 35.5 Å². The Kier molecular flexibility index (Phi) is 2.57. The van der Waals surface area contributed by atoms with Crippen molar-refractivity contribution in [3.63, 3.8) is 0 Å². The summed E-state index contributed by atoms with van der Waals surface area (Å²) in [4.78, 5) is 12.0. The Bertz CT molecular complexity index is 308. The zero-order valence-electron chi connectivity index (χ0n) is 10.9. The van der Waals surface area contributed by atoms with Crippen LogP contribution in [0, 0.1) is 11.8 Å². The summed E-state index contributed by atoms with van der Waals surface area (Å²) in [5, 5.41) is 0. The highest BCUT2D eigenvalue weighted by Crippen LogP contribution is 2.47. The molecule has 3 aliphatic heterocycles. The van der Waals surface area contributed by atoms with E-state index in [2.05, 4.69) is 20.8 Å². The van der Waals surface area contributed by atoms with Gasteiger partial charge in [0.2, 0.25) is 0 Å².